The van der Waals surface area contributed by atoms with E-state index in [4.69, 9.17) is 9.47 Å². The summed E-state index contributed by atoms with van der Waals surface area (Å²) in [5.41, 5.74) is -0.153. The zero-order chi connectivity index (χ0) is 18.5. The maximum atomic E-state index is 12.6. The van der Waals surface area contributed by atoms with E-state index in [2.05, 4.69) is 9.97 Å². The second-order valence-electron chi connectivity index (χ2n) is 8.37. The Labute approximate surface area is 161 Å². The maximum Gasteiger partial charge on any atom is 0.316 e. The molecule has 27 heavy (non-hydrogen) atoms. The third-order valence-electron chi connectivity index (χ3n) is 6.53. The zero-order valence-corrected chi connectivity index (χ0v) is 16.1. The Bertz CT molecular complexity index is 610. The average molecular weight is 373 g/mol. The molecule has 0 N–H and O–H groups in total. The fourth-order valence-corrected chi connectivity index (χ4v) is 4.88. The van der Waals surface area contributed by atoms with E-state index in [0.717, 1.165) is 57.5 Å². The molecule has 3 aliphatic rings. The first-order chi connectivity index (χ1) is 13.2. The predicted octanol–water partition coefficient (Wildman–Crippen LogP) is 3.37. The van der Waals surface area contributed by atoms with Crippen molar-refractivity contribution in [3.63, 3.8) is 0 Å². The molecule has 1 aromatic heterocycles. The number of nitrogens with zero attached hydrogens (tertiary/aromatic N) is 3. The molecule has 2 saturated heterocycles. The van der Waals surface area contributed by atoms with Crippen LogP contribution < -0.4 is 4.74 Å². The second-order valence-corrected chi connectivity index (χ2v) is 8.37. The van der Waals surface area contributed by atoms with Gasteiger partial charge in [0.25, 0.3) is 0 Å². The lowest BCUT2D eigenvalue weighted by molar-refractivity contribution is -0.152. The summed E-state index contributed by atoms with van der Waals surface area (Å²) in [5, 5.41) is 0. The monoisotopic (exact) mass is 373 g/mol. The number of carbonyl (C=O) groups excluding carboxylic acids is 1. The Kier molecular flexibility index (Phi) is 5.91. The summed E-state index contributed by atoms with van der Waals surface area (Å²) in [6, 6.07) is 2.23. The van der Waals surface area contributed by atoms with Crippen molar-refractivity contribution in [2.45, 2.75) is 75.9 Å². The van der Waals surface area contributed by atoms with Crippen molar-refractivity contribution in [3.8, 4) is 6.01 Å². The van der Waals surface area contributed by atoms with Crippen LogP contribution in [0.15, 0.2) is 18.5 Å². The van der Waals surface area contributed by atoms with Gasteiger partial charge in [0.05, 0.1) is 12.2 Å². The molecular weight excluding hydrogens is 342 g/mol. The lowest BCUT2D eigenvalue weighted by atomic mass is 9.83. The van der Waals surface area contributed by atoms with Crippen LogP contribution in [0.5, 0.6) is 6.01 Å². The van der Waals surface area contributed by atoms with Gasteiger partial charge in [-0.3, -0.25) is 4.79 Å². The molecule has 148 valence electrons. The van der Waals surface area contributed by atoms with Crippen LogP contribution >= 0.6 is 0 Å². The highest BCUT2D eigenvalue weighted by Crippen LogP contribution is 2.36. The van der Waals surface area contributed by atoms with Crippen LogP contribution in [0.4, 0.5) is 0 Å². The minimum Gasteiger partial charge on any atom is -0.460 e. The molecule has 1 unspecified atom stereocenters. The topological polar surface area (TPSA) is 64.6 Å². The normalized spacial score (nSPS) is 25.6. The molecule has 1 atom stereocenters. The third-order valence-corrected chi connectivity index (χ3v) is 6.53. The highest BCUT2D eigenvalue weighted by atomic mass is 16.5. The summed E-state index contributed by atoms with van der Waals surface area (Å²) >= 11 is 0. The maximum absolute atomic E-state index is 12.6. The quantitative estimate of drug-likeness (QED) is 0.792. The molecule has 3 fully saturated rings. The van der Waals surface area contributed by atoms with E-state index in [0.29, 0.717) is 18.5 Å². The number of piperidine rings is 1. The summed E-state index contributed by atoms with van der Waals surface area (Å²) in [6.45, 7) is 2.31. The number of likely N-dealkylation sites (tertiary alicyclic amines) is 1. The van der Waals surface area contributed by atoms with Gasteiger partial charge < -0.3 is 14.4 Å². The van der Waals surface area contributed by atoms with Crippen LogP contribution in [-0.2, 0) is 9.53 Å². The SMILES string of the molecule is O=C(CCC1CCCC1)N1CCC2(CC1)CC(Oc1ncccn1)CCO2. The summed E-state index contributed by atoms with van der Waals surface area (Å²) in [6.07, 6.45) is 14.1. The van der Waals surface area contributed by atoms with Crippen molar-refractivity contribution in [3.05, 3.63) is 18.5 Å². The molecule has 0 bridgehead atoms. The molecule has 1 aliphatic carbocycles. The molecule has 0 aromatic carbocycles. The number of carbonyl (C=O) groups is 1. The first-order valence-electron chi connectivity index (χ1n) is 10.6. The largest absolute Gasteiger partial charge is 0.460 e. The highest BCUT2D eigenvalue weighted by molar-refractivity contribution is 5.76. The van der Waals surface area contributed by atoms with Gasteiger partial charge in [-0.1, -0.05) is 25.7 Å². The third kappa shape index (κ3) is 4.78. The van der Waals surface area contributed by atoms with Gasteiger partial charge in [0.15, 0.2) is 0 Å². The van der Waals surface area contributed by atoms with Crippen molar-refractivity contribution < 1.29 is 14.3 Å². The van der Waals surface area contributed by atoms with Crippen LogP contribution in [0.3, 0.4) is 0 Å². The molecule has 3 heterocycles. The molecule has 1 saturated carbocycles. The molecule has 1 spiro atoms. The number of hydrogen-bond donors (Lipinski definition) is 0. The molecule has 2 aliphatic heterocycles. The molecule has 6 nitrogen and oxygen atoms in total. The lowest BCUT2D eigenvalue weighted by Crippen LogP contribution is -2.52. The number of aromatic nitrogens is 2. The van der Waals surface area contributed by atoms with E-state index in [1.165, 1.54) is 25.7 Å². The van der Waals surface area contributed by atoms with Gasteiger partial charge in [0, 0.05) is 44.7 Å². The van der Waals surface area contributed by atoms with E-state index < -0.39 is 0 Å². The molecule has 4 rings (SSSR count). The van der Waals surface area contributed by atoms with Crippen LogP contribution in [0.2, 0.25) is 0 Å². The van der Waals surface area contributed by atoms with Crippen LogP contribution in [0.1, 0.15) is 64.2 Å². The smallest absolute Gasteiger partial charge is 0.316 e. The summed E-state index contributed by atoms with van der Waals surface area (Å²) in [7, 11) is 0. The summed E-state index contributed by atoms with van der Waals surface area (Å²) < 4.78 is 12.2. The minimum absolute atomic E-state index is 0.0887. The van der Waals surface area contributed by atoms with Gasteiger partial charge in [0.1, 0.15) is 6.10 Å². The number of amides is 1. The fraction of sp³-hybridized carbons (Fsp3) is 0.762. The van der Waals surface area contributed by atoms with Crippen molar-refractivity contribution in [1.82, 2.24) is 14.9 Å². The van der Waals surface area contributed by atoms with Crippen molar-refractivity contribution in [2.24, 2.45) is 5.92 Å². The minimum atomic E-state index is -0.153. The Morgan fingerprint density at radius 1 is 1.19 bits per heavy atom. The Hall–Kier alpha value is -1.69. The van der Waals surface area contributed by atoms with E-state index in [1.54, 1.807) is 18.5 Å². The van der Waals surface area contributed by atoms with Gasteiger partial charge in [-0.15, -0.1) is 0 Å². The van der Waals surface area contributed by atoms with Gasteiger partial charge in [0.2, 0.25) is 5.91 Å². The average Bonchev–Trinajstić information content (AvgIpc) is 3.21. The number of rotatable bonds is 5. The van der Waals surface area contributed by atoms with Gasteiger partial charge in [-0.25, -0.2) is 9.97 Å². The van der Waals surface area contributed by atoms with Crippen molar-refractivity contribution >= 4 is 5.91 Å². The number of hydrogen-bond acceptors (Lipinski definition) is 5. The fourth-order valence-electron chi connectivity index (χ4n) is 4.88. The Morgan fingerprint density at radius 2 is 1.93 bits per heavy atom. The predicted molar refractivity (Wildman–Crippen MR) is 101 cm³/mol. The summed E-state index contributed by atoms with van der Waals surface area (Å²) in [5.74, 6) is 1.11. The second kappa shape index (κ2) is 8.55. The van der Waals surface area contributed by atoms with Gasteiger partial charge in [-0.2, -0.15) is 0 Å². The van der Waals surface area contributed by atoms with E-state index in [1.807, 2.05) is 4.90 Å². The highest BCUT2D eigenvalue weighted by Gasteiger charge is 2.42. The van der Waals surface area contributed by atoms with Crippen LogP contribution in [0, 0.1) is 5.92 Å². The standard InChI is InChI=1S/C21H31N3O3/c25-19(7-6-17-4-1-2-5-17)24-13-9-21(10-14-24)16-18(8-15-26-21)27-20-22-11-3-12-23-20/h3,11-12,17-18H,1-2,4-10,13-16H2. The van der Waals surface area contributed by atoms with Gasteiger partial charge in [-0.05, 0) is 31.2 Å². The van der Waals surface area contributed by atoms with E-state index >= 15 is 0 Å². The molecular formula is C21H31N3O3. The molecule has 1 amide bonds. The Balaban J connectivity index is 1.25. The van der Waals surface area contributed by atoms with E-state index in [9.17, 15) is 4.79 Å². The van der Waals surface area contributed by atoms with Crippen molar-refractivity contribution in [1.29, 1.82) is 0 Å². The van der Waals surface area contributed by atoms with Crippen molar-refractivity contribution in [2.75, 3.05) is 19.7 Å². The first kappa shape index (κ1) is 18.7. The summed E-state index contributed by atoms with van der Waals surface area (Å²) in [4.78, 5) is 23.0. The number of ether oxygens (including phenoxy) is 2. The molecule has 6 heteroatoms. The zero-order valence-electron chi connectivity index (χ0n) is 16.1. The Morgan fingerprint density at radius 3 is 2.67 bits per heavy atom. The molecule has 0 radical (unpaired) electrons. The lowest BCUT2D eigenvalue weighted by Gasteiger charge is -2.45. The van der Waals surface area contributed by atoms with E-state index in [-0.39, 0.29) is 11.7 Å². The first-order valence-corrected chi connectivity index (χ1v) is 10.6. The van der Waals surface area contributed by atoms with Crippen LogP contribution in [0.25, 0.3) is 0 Å². The van der Waals surface area contributed by atoms with Gasteiger partial charge >= 0.3 is 6.01 Å². The van der Waals surface area contributed by atoms with Crippen LogP contribution in [-0.4, -0.2) is 52.2 Å². The molecule has 1 aromatic rings.